The van der Waals surface area contributed by atoms with Gasteiger partial charge in [-0.3, -0.25) is 9.59 Å². The SMILES string of the molecule is CC1=CCN(C2CC2)C2=C1N(C(=O)OC[n+]1cccc(C(N)=O)c1)C(=O)c1cccnc1N2.[I-]. The van der Waals surface area contributed by atoms with Gasteiger partial charge in [0.25, 0.3) is 18.5 Å². The number of nitrogens with two attached hydrogens (primary N) is 1. The largest absolute Gasteiger partial charge is 1.00 e. The molecular weight excluding hydrogens is 551 g/mol. The Labute approximate surface area is 213 Å². The number of nitrogens with one attached hydrogen (secondary N) is 1. The molecule has 5 rings (SSSR count). The van der Waals surface area contributed by atoms with Crippen molar-refractivity contribution in [3.63, 3.8) is 0 Å². The molecule has 2 aromatic heterocycles. The first-order valence-corrected chi connectivity index (χ1v) is 10.6. The maximum absolute atomic E-state index is 13.5. The van der Waals surface area contributed by atoms with E-state index in [0.717, 1.165) is 23.3 Å². The van der Waals surface area contributed by atoms with Crippen molar-refractivity contribution in [1.82, 2.24) is 14.8 Å². The van der Waals surface area contributed by atoms with Gasteiger partial charge in [0.05, 0.1) is 11.3 Å². The summed E-state index contributed by atoms with van der Waals surface area (Å²) in [6, 6.07) is 6.81. The molecule has 0 radical (unpaired) electrons. The van der Waals surface area contributed by atoms with Gasteiger partial charge in [-0.1, -0.05) is 6.08 Å². The molecule has 3 aliphatic rings. The zero-order valence-electron chi connectivity index (χ0n) is 18.4. The Morgan fingerprint density at radius 3 is 2.82 bits per heavy atom. The summed E-state index contributed by atoms with van der Waals surface area (Å²) in [6.07, 6.45) is 7.98. The van der Waals surface area contributed by atoms with Crippen molar-refractivity contribution in [2.24, 2.45) is 5.73 Å². The molecule has 10 nitrogen and oxygen atoms in total. The summed E-state index contributed by atoms with van der Waals surface area (Å²) in [5.41, 5.74) is 7.12. The number of imide groups is 1. The Balaban J connectivity index is 0.00000274. The Bertz CT molecular complexity index is 1240. The van der Waals surface area contributed by atoms with E-state index >= 15 is 0 Å². The van der Waals surface area contributed by atoms with Crippen molar-refractivity contribution in [3.05, 3.63) is 77.2 Å². The van der Waals surface area contributed by atoms with E-state index in [9.17, 15) is 14.4 Å². The predicted octanol–water partition coefficient (Wildman–Crippen LogP) is -1.27. The zero-order valence-corrected chi connectivity index (χ0v) is 20.6. The van der Waals surface area contributed by atoms with Gasteiger partial charge in [0.15, 0.2) is 12.4 Å². The maximum atomic E-state index is 13.5. The summed E-state index contributed by atoms with van der Waals surface area (Å²) in [5.74, 6) is -0.0498. The molecule has 2 aliphatic heterocycles. The molecule has 0 aromatic carbocycles. The molecule has 2 aromatic rings. The number of carbonyl (C=O) groups excluding carboxylic acids is 3. The molecule has 0 bridgehead atoms. The highest BCUT2D eigenvalue weighted by Gasteiger charge is 2.42. The fraction of sp³-hybridized carbons (Fsp3) is 0.261. The van der Waals surface area contributed by atoms with E-state index in [2.05, 4.69) is 15.2 Å². The van der Waals surface area contributed by atoms with Gasteiger partial charge < -0.3 is 44.7 Å². The van der Waals surface area contributed by atoms with Gasteiger partial charge in [0.1, 0.15) is 17.2 Å². The number of rotatable bonds is 4. The van der Waals surface area contributed by atoms with E-state index in [-0.39, 0.29) is 41.8 Å². The molecule has 4 heterocycles. The third-order valence-corrected chi connectivity index (χ3v) is 5.83. The molecule has 0 spiro atoms. The van der Waals surface area contributed by atoms with E-state index < -0.39 is 17.9 Å². The summed E-state index contributed by atoms with van der Waals surface area (Å²) in [7, 11) is 0. The third-order valence-electron chi connectivity index (χ3n) is 5.83. The molecule has 176 valence electrons. The highest BCUT2D eigenvalue weighted by atomic mass is 127. The fourth-order valence-electron chi connectivity index (χ4n) is 4.01. The molecule has 0 unspecified atom stereocenters. The van der Waals surface area contributed by atoms with E-state index in [1.165, 1.54) is 10.8 Å². The quantitative estimate of drug-likeness (QED) is 0.345. The van der Waals surface area contributed by atoms with Gasteiger partial charge in [-0.2, -0.15) is 4.57 Å². The number of anilines is 1. The summed E-state index contributed by atoms with van der Waals surface area (Å²) in [6.45, 7) is 2.34. The van der Waals surface area contributed by atoms with Crippen LogP contribution in [0.5, 0.6) is 0 Å². The summed E-state index contributed by atoms with van der Waals surface area (Å²) in [4.78, 5) is 45.8. The molecular formula is C23H23IN6O4. The van der Waals surface area contributed by atoms with Crippen molar-refractivity contribution < 1.29 is 47.7 Å². The standard InChI is InChI=1S/C23H22N6O4.HI/c1-14-8-11-28(16-6-7-16)21-18(14)29(22(31)17-5-2-9-25-20(17)26-21)23(32)33-13-27-10-3-4-15(12-27)19(24)30;/h2-5,8-10,12,16H,6-7,11,13H2,1H3,(H2-,24,25,26,30,31);1H. The van der Waals surface area contributed by atoms with E-state index in [1.807, 2.05) is 13.0 Å². The monoisotopic (exact) mass is 574 g/mol. The molecule has 3 amide bonds. The van der Waals surface area contributed by atoms with Crippen LogP contribution in [0.1, 0.15) is 40.5 Å². The molecule has 0 atom stereocenters. The van der Waals surface area contributed by atoms with Crippen LogP contribution < -0.4 is 39.6 Å². The zero-order chi connectivity index (χ0) is 23.1. The Morgan fingerprint density at radius 1 is 1.29 bits per heavy atom. The Kier molecular flexibility index (Phi) is 6.55. The van der Waals surface area contributed by atoms with Crippen LogP contribution in [0.3, 0.4) is 0 Å². The number of primary amides is 1. The molecule has 34 heavy (non-hydrogen) atoms. The van der Waals surface area contributed by atoms with Crippen LogP contribution in [0.4, 0.5) is 10.6 Å². The smallest absolute Gasteiger partial charge is 0.426 e. The molecule has 3 N–H and O–H groups in total. The highest BCUT2D eigenvalue weighted by Crippen LogP contribution is 2.38. The fourth-order valence-corrected chi connectivity index (χ4v) is 4.01. The van der Waals surface area contributed by atoms with Gasteiger partial charge in [0.2, 0.25) is 0 Å². The third kappa shape index (κ3) is 4.34. The molecule has 0 saturated heterocycles. The number of hydrogen-bond acceptors (Lipinski definition) is 7. The number of fused-ring (bicyclic) bond motifs is 1. The number of ether oxygens (including phenoxy) is 1. The lowest BCUT2D eigenvalue weighted by molar-refractivity contribution is -0.727. The second-order valence-electron chi connectivity index (χ2n) is 8.14. The first kappa shape index (κ1) is 23.7. The van der Waals surface area contributed by atoms with Gasteiger partial charge in [0, 0.05) is 24.8 Å². The number of hydrogen-bond donors (Lipinski definition) is 2. The number of allylic oxidation sites excluding steroid dienone is 1. The predicted molar refractivity (Wildman–Crippen MR) is 116 cm³/mol. The topological polar surface area (TPSA) is 122 Å². The van der Waals surface area contributed by atoms with Crippen LogP contribution in [-0.2, 0) is 11.5 Å². The number of nitrogens with zero attached hydrogens (tertiary/aromatic N) is 4. The lowest BCUT2D eigenvalue weighted by Gasteiger charge is -2.34. The normalized spacial score (nSPS) is 17.0. The first-order valence-electron chi connectivity index (χ1n) is 10.6. The molecule has 1 saturated carbocycles. The Hall–Kier alpha value is -3.48. The van der Waals surface area contributed by atoms with E-state index in [1.54, 1.807) is 36.7 Å². The second-order valence-corrected chi connectivity index (χ2v) is 8.14. The van der Waals surface area contributed by atoms with Gasteiger partial charge in [-0.25, -0.2) is 14.7 Å². The molecule has 1 aliphatic carbocycles. The minimum atomic E-state index is -0.826. The van der Waals surface area contributed by atoms with Crippen LogP contribution in [-0.4, -0.2) is 45.3 Å². The average Bonchev–Trinajstić information content (AvgIpc) is 3.66. The van der Waals surface area contributed by atoms with Gasteiger partial charge in [-0.05, 0) is 43.5 Å². The van der Waals surface area contributed by atoms with E-state index in [4.69, 9.17) is 10.5 Å². The van der Waals surface area contributed by atoms with Crippen molar-refractivity contribution >= 4 is 23.7 Å². The number of pyridine rings is 2. The minimum Gasteiger partial charge on any atom is -1.00 e. The average molecular weight is 574 g/mol. The van der Waals surface area contributed by atoms with Crippen LogP contribution >= 0.6 is 0 Å². The van der Waals surface area contributed by atoms with Crippen LogP contribution in [0.2, 0.25) is 0 Å². The Morgan fingerprint density at radius 2 is 2.09 bits per heavy atom. The van der Waals surface area contributed by atoms with Gasteiger partial charge in [-0.15, -0.1) is 0 Å². The van der Waals surface area contributed by atoms with Crippen molar-refractivity contribution in [3.8, 4) is 0 Å². The second kappa shape index (κ2) is 9.41. The first-order chi connectivity index (χ1) is 15.9. The number of aromatic nitrogens is 2. The van der Waals surface area contributed by atoms with Crippen molar-refractivity contribution in [2.75, 3.05) is 11.9 Å². The molecule has 11 heteroatoms. The summed E-state index contributed by atoms with van der Waals surface area (Å²) in [5, 5.41) is 3.30. The lowest BCUT2D eigenvalue weighted by Crippen LogP contribution is -3.00. The van der Waals surface area contributed by atoms with Crippen molar-refractivity contribution in [2.45, 2.75) is 32.5 Å². The highest BCUT2D eigenvalue weighted by molar-refractivity contribution is 6.08. The van der Waals surface area contributed by atoms with Crippen LogP contribution in [0.15, 0.2) is 66.0 Å². The summed E-state index contributed by atoms with van der Waals surface area (Å²) < 4.78 is 7.00. The number of carbonyl (C=O) groups is 3. The maximum Gasteiger partial charge on any atom is 0.426 e. The molecule has 1 fully saturated rings. The van der Waals surface area contributed by atoms with Crippen LogP contribution in [0, 0.1) is 0 Å². The van der Waals surface area contributed by atoms with Crippen molar-refractivity contribution in [1.29, 1.82) is 0 Å². The minimum absolute atomic E-state index is 0. The van der Waals surface area contributed by atoms with Gasteiger partial charge >= 0.3 is 6.09 Å². The lowest BCUT2D eigenvalue weighted by atomic mass is 10.1. The summed E-state index contributed by atoms with van der Waals surface area (Å²) >= 11 is 0. The number of amides is 3. The van der Waals surface area contributed by atoms with E-state index in [0.29, 0.717) is 29.9 Å². The van der Waals surface area contributed by atoms with Crippen LogP contribution in [0.25, 0.3) is 0 Å². The number of halogens is 1.